The summed E-state index contributed by atoms with van der Waals surface area (Å²) in [5.74, 6) is 0.104. The molecule has 2 aromatic heterocycles. The largest absolute Gasteiger partial charge is 0.497 e. The second kappa shape index (κ2) is 5.38. The van der Waals surface area contributed by atoms with Gasteiger partial charge in [0, 0.05) is 10.8 Å². The minimum Gasteiger partial charge on any atom is -0.497 e. The molecule has 0 spiro atoms. The predicted molar refractivity (Wildman–Crippen MR) is 90.5 cm³/mol. The molecular formula is C19H13NO4. The number of rotatable bonds is 3. The van der Waals surface area contributed by atoms with Crippen LogP contribution in [0.4, 0.5) is 0 Å². The molecule has 0 aliphatic heterocycles. The zero-order valence-electron chi connectivity index (χ0n) is 12.8. The van der Waals surface area contributed by atoms with Gasteiger partial charge in [0.2, 0.25) is 0 Å². The molecule has 0 aliphatic carbocycles. The molecule has 0 amide bonds. The summed E-state index contributed by atoms with van der Waals surface area (Å²) in [6, 6.07) is 16.2. The van der Waals surface area contributed by atoms with Crippen LogP contribution in [0, 0.1) is 0 Å². The lowest BCUT2D eigenvalue weighted by Crippen LogP contribution is -2.00. The summed E-state index contributed by atoms with van der Waals surface area (Å²) in [4.78, 5) is 16.2. The molecule has 118 valence electrons. The van der Waals surface area contributed by atoms with Crippen LogP contribution in [0.5, 0.6) is 5.75 Å². The molecule has 2 heterocycles. The molecule has 4 rings (SSSR count). The third-order valence-corrected chi connectivity index (χ3v) is 3.92. The number of furan rings is 1. The normalized spacial score (nSPS) is 11.0. The highest BCUT2D eigenvalue weighted by Gasteiger charge is 2.16. The van der Waals surface area contributed by atoms with Crippen molar-refractivity contribution in [1.82, 2.24) is 4.98 Å². The zero-order valence-corrected chi connectivity index (χ0v) is 12.8. The number of carboxylic acids is 1. The fourth-order valence-corrected chi connectivity index (χ4v) is 2.74. The maximum absolute atomic E-state index is 11.7. The van der Waals surface area contributed by atoms with Gasteiger partial charge < -0.3 is 14.3 Å². The van der Waals surface area contributed by atoms with E-state index in [4.69, 9.17) is 9.15 Å². The van der Waals surface area contributed by atoms with Crippen molar-refractivity contribution in [1.29, 1.82) is 0 Å². The van der Waals surface area contributed by atoms with E-state index in [9.17, 15) is 9.90 Å². The van der Waals surface area contributed by atoms with Crippen LogP contribution in [-0.2, 0) is 0 Å². The number of nitrogens with zero attached hydrogens (tertiary/aromatic N) is 1. The second-order valence-corrected chi connectivity index (χ2v) is 5.39. The Morgan fingerprint density at radius 3 is 2.71 bits per heavy atom. The molecule has 0 atom stereocenters. The van der Waals surface area contributed by atoms with E-state index in [1.807, 2.05) is 30.3 Å². The van der Waals surface area contributed by atoms with Gasteiger partial charge in [-0.2, -0.15) is 0 Å². The highest BCUT2D eigenvalue weighted by molar-refractivity contribution is 6.04. The third-order valence-electron chi connectivity index (χ3n) is 3.92. The van der Waals surface area contributed by atoms with E-state index in [-0.39, 0.29) is 5.56 Å². The Morgan fingerprint density at radius 1 is 1.12 bits per heavy atom. The fraction of sp³-hybridized carbons (Fsp3) is 0.0526. The number of benzene rings is 2. The SMILES string of the molecule is COc1ccc2nc(-c3cc4ccccc4o3)cc(C(=O)O)c2c1. The lowest BCUT2D eigenvalue weighted by Gasteiger charge is -2.07. The summed E-state index contributed by atoms with van der Waals surface area (Å²) in [5.41, 5.74) is 1.96. The third kappa shape index (κ3) is 2.27. The van der Waals surface area contributed by atoms with Gasteiger partial charge >= 0.3 is 5.97 Å². The Morgan fingerprint density at radius 2 is 1.96 bits per heavy atom. The molecular weight excluding hydrogens is 306 g/mol. The van der Waals surface area contributed by atoms with Crippen LogP contribution in [-0.4, -0.2) is 23.2 Å². The van der Waals surface area contributed by atoms with Gasteiger partial charge in [-0.3, -0.25) is 0 Å². The van der Waals surface area contributed by atoms with Crippen LogP contribution < -0.4 is 4.74 Å². The summed E-state index contributed by atoms with van der Waals surface area (Å²) in [6.07, 6.45) is 0. The summed E-state index contributed by atoms with van der Waals surface area (Å²) in [5, 5.41) is 11.0. The Bertz CT molecular complexity index is 1050. The van der Waals surface area contributed by atoms with E-state index >= 15 is 0 Å². The van der Waals surface area contributed by atoms with E-state index in [1.165, 1.54) is 13.2 Å². The van der Waals surface area contributed by atoms with Gasteiger partial charge in [-0.1, -0.05) is 18.2 Å². The standard InChI is InChI=1S/C19H13NO4/c1-23-12-6-7-15-13(9-12)14(19(21)22)10-16(20-15)18-8-11-4-2-3-5-17(11)24-18/h2-10H,1H3,(H,21,22). The zero-order chi connectivity index (χ0) is 16.7. The highest BCUT2D eigenvalue weighted by atomic mass is 16.5. The van der Waals surface area contributed by atoms with Crippen LogP contribution >= 0.6 is 0 Å². The van der Waals surface area contributed by atoms with E-state index in [0.717, 1.165) is 11.0 Å². The molecule has 4 aromatic rings. The monoisotopic (exact) mass is 319 g/mol. The smallest absolute Gasteiger partial charge is 0.336 e. The number of hydrogen-bond acceptors (Lipinski definition) is 4. The minimum atomic E-state index is -1.02. The number of pyridine rings is 1. The van der Waals surface area contributed by atoms with Crippen LogP contribution in [0.1, 0.15) is 10.4 Å². The number of carboxylic acid groups (broad SMARTS) is 1. The summed E-state index contributed by atoms with van der Waals surface area (Å²) < 4.78 is 11.0. The van der Waals surface area contributed by atoms with Crippen LogP contribution in [0.3, 0.4) is 0 Å². The number of carbonyl (C=O) groups is 1. The Hall–Kier alpha value is -3.34. The summed E-state index contributed by atoms with van der Waals surface area (Å²) in [6.45, 7) is 0. The Balaban J connectivity index is 1.97. The quantitative estimate of drug-likeness (QED) is 0.607. The van der Waals surface area contributed by atoms with Crippen molar-refractivity contribution in [3.8, 4) is 17.2 Å². The van der Waals surface area contributed by atoms with Crippen molar-refractivity contribution in [2.75, 3.05) is 7.11 Å². The van der Waals surface area contributed by atoms with Crippen molar-refractivity contribution < 1.29 is 19.1 Å². The lowest BCUT2D eigenvalue weighted by molar-refractivity contribution is 0.0699. The highest BCUT2D eigenvalue weighted by Crippen LogP contribution is 2.31. The van der Waals surface area contributed by atoms with Gasteiger partial charge in [-0.25, -0.2) is 9.78 Å². The van der Waals surface area contributed by atoms with E-state index in [2.05, 4.69) is 4.98 Å². The summed E-state index contributed by atoms with van der Waals surface area (Å²) >= 11 is 0. The van der Waals surface area contributed by atoms with Crippen molar-refractivity contribution in [2.24, 2.45) is 0 Å². The van der Waals surface area contributed by atoms with Crippen molar-refractivity contribution in [3.05, 3.63) is 60.2 Å². The maximum atomic E-state index is 11.7. The molecule has 0 unspecified atom stereocenters. The second-order valence-electron chi connectivity index (χ2n) is 5.39. The first-order valence-corrected chi connectivity index (χ1v) is 7.37. The summed E-state index contributed by atoms with van der Waals surface area (Å²) in [7, 11) is 1.54. The van der Waals surface area contributed by atoms with Gasteiger partial charge in [0.15, 0.2) is 5.76 Å². The molecule has 0 saturated carbocycles. The first-order valence-electron chi connectivity index (χ1n) is 7.37. The van der Waals surface area contributed by atoms with Crippen LogP contribution in [0.25, 0.3) is 33.3 Å². The van der Waals surface area contributed by atoms with Gasteiger partial charge in [0.05, 0.1) is 18.2 Å². The van der Waals surface area contributed by atoms with Crippen LogP contribution in [0.15, 0.2) is 59.0 Å². The average molecular weight is 319 g/mol. The molecule has 0 radical (unpaired) electrons. The molecule has 5 nitrogen and oxygen atoms in total. The topological polar surface area (TPSA) is 72.6 Å². The molecule has 0 bridgehead atoms. The molecule has 1 N–H and O–H groups in total. The Kier molecular flexibility index (Phi) is 3.20. The average Bonchev–Trinajstić information content (AvgIpc) is 3.04. The first kappa shape index (κ1) is 14.3. The van der Waals surface area contributed by atoms with E-state index < -0.39 is 5.97 Å². The number of ether oxygens (including phenoxy) is 1. The van der Waals surface area contributed by atoms with Gasteiger partial charge in [0.25, 0.3) is 0 Å². The Labute approximate surface area is 137 Å². The number of methoxy groups -OCH3 is 1. The number of aromatic carboxylic acids is 1. The van der Waals surface area contributed by atoms with E-state index in [1.54, 1.807) is 18.2 Å². The van der Waals surface area contributed by atoms with Gasteiger partial charge in [-0.15, -0.1) is 0 Å². The van der Waals surface area contributed by atoms with Crippen molar-refractivity contribution in [3.63, 3.8) is 0 Å². The van der Waals surface area contributed by atoms with E-state index in [0.29, 0.717) is 28.1 Å². The number of hydrogen-bond donors (Lipinski definition) is 1. The molecule has 0 fully saturated rings. The molecule has 24 heavy (non-hydrogen) atoms. The maximum Gasteiger partial charge on any atom is 0.336 e. The molecule has 0 aliphatic rings. The molecule has 2 aromatic carbocycles. The predicted octanol–water partition coefficient (Wildman–Crippen LogP) is 4.35. The number of fused-ring (bicyclic) bond motifs is 2. The molecule has 0 saturated heterocycles. The van der Waals surface area contributed by atoms with Crippen molar-refractivity contribution in [2.45, 2.75) is 0 Å². The van der Waals surface area contributed by atoms with Crippen LogP contribution in [0.2, 0.25) is 0 Å². The lowest BCUT2D eigenvalue weighted by atomic mass is 10.1. The molecule has 5 heteroatoms. The first-order chi connectivity index (χ1) is 11.7. The van der Waals surface area contributed by atoms with Crippen molar-refractivity contribution >= 4 is 27.8 Å². The van der Waals surface area contributed by atoms with Gasteiger partial charge in [0.1, 0.15) is 17.0 Å². The van der Waals surface area contributed by atoms with Gasteiger partial charge in [-0.05, 0) is 36.4 Å². The number of aromatic nitrogens is 1. The number of para-hydroxylation sites is 1. The fourth-order valence-electron chi connectivity index (χ4n) is 2.74. The minimum absolute atomic E-state index is 0.161.